The monoisotopic (exact) mass is 344 g/mol. The normalized spacial score (nSPS) is 17.8. The summed E-state index contributed by atoms with van der Waals surface area (Å²) in [7, 11) is 2.18. The van der Waals surface area contributed by atoms with Crippen LogP contribution in [0.3, 0.4) is 0 Å². The molecule has 1 heterocycles. The molecule has 4 heteroatoms. The molecule has 0 N–H and O–H groups in total. The van der Waals surface area contributed by atoms with Crippen LogP contribution in [0.2, 0.25) is 5.02 Å². The van der Waals surface area contributed by atoms with Gasteiger partial charge < -0.3 is 9.64 Å². The molecule has 0 bridgehead atoms. The number of halogens is 1. The molecule has 1 fully saturated rings. The minimum absolute atomic E-state index is 0.0454. The van der Waals surface area contributed by atoms with E-state index in [0.29, 0.717) is 0 Å². The van der Waals surface area contributed by atoms with Crippen LogP contribution in [0.4, 0.5) is 0 Å². The van der Waals surface area contributed by atoms with E-state index >= 15 is 0 Å². The van der Waals surface area contributed by atoms with Crippen molar-refractivity contribution in [2.45, 2.75) is 6.10 Å². The van der Waals surface area contributed by atoms with Gasteiger partial charge in [0.2, 0.25) is 0 Å². The minimum Gasteiger partial charge on any atom is -0.367 e. The standard InChI is InChI=1S/C20H25ClN2O/c1-22-11-13-23(14-12-22)15-16-24-20(17-5-3-2-4-6-17)18-7-9-19(21)10-8-18/h2-10,20H,11-16H2,1H3. The molecule has 1 aliphatic rings. The number of benzene rings is 2. The number of hydrogen-bond donors (Lipinski definition) is 0. The molecular weight excluding hydrogens is 320 g/mol. The summed E-state index contributed by atoms with van der Waals surface area (Å²) in [6.07, 6.45) is -0.0454. The number of ether oxygens (including phenoxy) is 1. The van der Waals surface area contributed by atoms with E-state index in [4.69, 9.17) is 16.3 Å². The molecule has 1 saturated heterocycles. The Bertz CT molecular complexity index is 609. The van der Waals surface area contributed by atoms with Crippen LogP contribution in [0.1, 0.15) is 17.2 Å². The highest BCUT2D eigenvalue weighted by Gasteiger charge is 2.17. The SMILES string of the molecule is CN1CCN(CCOC(c2ccccc2)c2ccc(Cl)cc2)CC1. The summed E-state index contributed by atoms with van der Waals surface area (Å²) >= 11 is 6.03. The van der Waals surface area contributed by atoms with Gasteiger partial charge in [0, 0.05) is 37.7 Å². The molecule has 128 valence electrons. The molecule has 1 atom stereocenters. The van der Waals surface area contributed by atoms with Gasteiger partial charge in [-0.1, -0.05) is 54.1 Å². The molecule has 24 heavy (non-hydrogen) atoms. The molecule has 3 rings (SSSR count). The third-order valence-corrected chi connectivity index (χ3v) is 4.81. The number of rotatable bonds is 6. The first-order valence-corrected chi connectivity index (χ1v) is 8.93. The van der Waals surface area contributed by atoms with Crippen molar-refractivity contribution >= 4 is 11.6 Å². The van der Waals surface area contributed by atoms with Crippen LogP contribution in [-0.2, 0) is 4.74 Å². The third-order valence-electron chi connectivity index (χ3n) is 4.56. The molecule has 0 saturated carbocycles. The fourth-order valence-corrected chi connectivity index (χ4v) is 3.15. The molecular formula is C20H25ClN2O. The van der Waals surface area contributed by atoms with E-state index in [-0.39, 0.29) is 6.10 Å². The van der Waals surface area contributed by atoms with Crippen molar-refractivity contribution < 1.29 is 4.74 Å². The van der Waals surface area contributed by atoms with Crippen LogP contribution in [0, 0.1) is 0 Å². The lowest BCUT2D eigenvalue weighted by atomic mass is 10.0. The average molecular weight is 345 g/mol. The van der Waals surface area contributed by atoms with Crippen molar-refractivity contribution in [2.75, 3.05) is 46.4 Å². The maximum Gasteiger partial charge on any atom is 0.108 e. The topological polar surface area (TPSA) is 15.7 Å². The number of piperazine rings is 1. The van der Waals surface area contributed by atoms with Crippen LogP contribution in [-0.4, -0.2) is 56.2 Å². The summed E-state index contributed by atoms with van der Waals surface area (Å²) in [4.78, 5) is 4.85. The maximum absolute atomic E-state index is 6.29. The van der Waals surface area contributed by atoms with Gasteiger partial charge in [-0.05, 0) is 30.3 Å². The van der Waals surface area contributed by atoms with Crippen LogP contribution >= 0.6 is 11.6 Å². The highest BCUT2D eigenvalue weighted by atomic mass is 35.5. The van der Waals surface area contributed by atoms with Gasteiger partial charge in [0.15, 0.2) is 0 Å². The maximum atomic E-state index is 6.29. The fraction of sp³-hybridized carbons (Fsp3) is 0.400. The summed E-state index contributed by atoms with van der Waals surface area (Å²) in [5.41, 5.74) is 2.32. The van der Waals surface area contributed by atoms with Gasteiger partial charge in [0.1, 0.15) is 6.10 Å². The zero-order valence-electron chi connectivity index (χ0n) is 14.2. The second kappa shape index (κ2) is 8.63. The average Bonchev–Trinajstić information content (AvgIpc) is 2.62. The summed E-state index contributed by atoms with van der Waals surface area (Å²) < 4.78 is 6.29. The predicted molar refractivity (Wildman–Crippen MR) is 99.6 cm³/mol. The van der Waals surface area contributed by atoms with Gasteiger partial charge in [-0.2, -0.15) is 0 Å². The Morgan fingerprint density at radius 1 is 0.917 bits per heavy atom. The van der Waals surface area contributed by atoms with Crippen molar-refractivity contribution in [3.05, 3.63) is 70.7 Å². The van der Waals surface area contributed by atoms with Gasteiger partial charge in [0.05, 0.1) is 6.61 Å². The van der Waals surface area contributed by atoms with E-state index in [1.165, 1.54) is 5.56 Å². The van der Waals surface area contributed by atoms with Gasteiger partial charge in [-0.3, -0.25) is 4.90 Å². The molecule has 0 aromatic heterocycles. The van der Waals surface area contributed by atoms with Crippen molar-refractivity contribution in [1.82, 2.24) is 9.80 Å². The molecule has 0 radical (unpaired) electrons. The Morgan fingerprint density at radius 3 is 2.21 bits per heavy atom. The zero-order valence-corrected chi connectivity index (χ0v) is 15.0. The highest BCUT2D eigenvalue weighted by Crippen LogP contribution is 2.27. The summed E-state index contributed by atoms with van der Waals surface area (Å²) in [6, 6.07) is 18.3. The molecule has 2 aromatic carbocycles. The summed E-state index contributed by atoms with van der Waals surface area (Å²) in [5, 5.41) is 0.753. The van der Waals surface area contributed by atoms with E-state index in [0.717, 1.165) is 49.9 Å². The van der Waals surface area contributed by atoms with Crippen molar-refractivity contribution in [2.24, 2.45) is 0 Å². The lowest BCUT2D eigenvalue weighted by molar-refractivity contribution is 0.0484. The second-order valence-electron chi connectivity index (χ2n) is 6.36. The number of likely N-dealkylation sites (N-methyl/N-ethyl adjacent to an activating group) is 1. The predicted octanol–water partition coefficient (Wildman–Crippen LogP) is 3.69. The Balaban J connectivity index is 1.63. The van der Waals surface area contributed by atoms with Gasteiger partial charge in [-0.25, -0.2) is 0 Å². The highest BCUT2D eigenvalue weighted by molar-refractivity contribution is 6.30. The van der Waals surface area contributed by atoms with E-state index in [2.05, 4.69) is 53.2 Å². The smallest absolute Gasteiger partial charge is 0.108 e. The van der Waals surface area contributed by atoms with Crippen molar-refractivity contribution in [3.8, 4) is 0 Å². The molecule has 3 nitrogen and oxygen atoms in total. The first kappa shape index (κ1) is 17.4. The molecule has 0 amide bonds. The molecule has 1 aliphatic heterocycles. The van der Waals surface area contributed by atoms with Crippen LogP contribution in [0.25, 0.3) is 0 Å². The fourth-order valence-electron chi connectivity index (χ4n) is 3.02. The van der Waals surface area contributed by atoms with E-state index in [1.54, 1.807) is 0 Å². The lowest BCUT2D eigenvalue weighted by Crippen LogP contribution is -2.45. The minimum atomic E-state index is -0.0454. The van der Waals surface area contributed by atoms with Gasteiger partial charge >= 0.3 is 0 Å². The number of nitrogens with zero attached hydrogens (tertiary/aromatic N) is 2. The Hall–Kier alpha value is -1.39. The molecule has 0 aliphatic carbocycles. The van der Waals surface area contributed by atoms with Crippen LogP contribution < -0.4 is 0 Å². The Labute approximate surface area is 149 Å². The van der Waals surface area contributed by atoms with Gasteiger partial charge in [-0.15, -0.1) is 0 Å². The Kier molecular flexibility index (Phi) is 6.27. The second-order valence-corrected chi connectivity index (χ2v) is 6.79. The molecule has 0 spiro atoms. The summed E-state index contributed by atoms with van der Waals surface area (Å²) in [6.45, 7) is 6.23. The lowest BCUT2D eigenvalue weighted by Gasteiger charge is -2.32. The zero-order chi connectivity index (χ0) is 16.8. The van der Waals surface area contributed by atoms with Crippen LogP contribution in [0.5, 0.6) is 0 Å². The van der Waals surface area contributed by atoms with E-state index < -0.39 is 0 Å². The first-order valence-electron chi connectivity index (χ1n) is 8.55. The van der Waals surface area contributed by atoms with Crippen molar-refractivity contribution in [1.29, 1.82) is 0 Å². The third kappa shape index (κ3) is 4.81. The molecule has 2 aromatic rings. The van der Waals surface area contributed by atoms with Crippen LogP contribution in [0.15, 0.2) is 54.6 Å². The quantitative estimate of drug-likeness (QED) is 0.794. The Morgan fingerprint density at radius 2 is 1.54 bits per heavy atom. The van der Waals surface area contributed by atoms with Crippen molar-refractivity contribution in [3.63, 3.8) is 0 Å². The van der Waals surface area contributed by atoms with Gasteiger partial charge in [0.25, 0.3) is 0 Å². The molecule has 1 unspecified atom stereocenters. The largest absolute Gasteiger partial charge is 0.367 e. The van der Waals surface area contributed by atoms with E-state index in [1.807, 2.05) is 18.2 Å². The number of hydrogen-bond acceptors (Lipinski definition) is 3. The van der Waals surface area contributed by atoms with E-state index in [9.17, 15) is 0 Å². The summed E-state index contributed by atoms with van der Waals surface area (Å²) in [5.74, 6) is 0. The first-order chi connectivity index (χ1) is 11.7.